The van der Waals surface area contributed by atoms with Crippen LogP contribution in [0.15, 0.2) is 47.4 Å². The fraction of sp³-hybridized carbons (Fsp3) is 0.400. The number of benzene rings is 2. The van der Waals surface area contributed by atoms with Crippen LogP contribution in [0.2, 0.25) is 0 Å². The summed E-state index contributed by atoms with van der Waals surface area (Å²) in [6.45, 7) is 3.85. The molecule has 28 heavy (non-hydrogen) atoms. The molecule has 2 aromatic carbocycles. The minimum atomic E-state index is -3.63. The molecule has 2 aromatic rings. The number of ether oxygens (including phenoxy) is 1. The lowest BCUT2D eigenvalue weighted by Gasteiger charge is -2.39. The van der Waals surface area contributed by atoms with Crippen molar-refractivity contribution in [1.82, 2.24) is 0 Å². The van der Waals surface area contributed by atoms with Crippen LogP contribution in [0.3, 0.4) is 0 Å². The van der Waals surface area contributed by atoms with E-state index in [1.54, 1.807) is 0 Å². The summed E-state index contributed by atoms with van der Waals surface area (Å²) >= 11 is 0. The highest BCUT2D eigenvalue weighted by Gasteiger charge is 2.35. The number of hydrogen-bond donors (Lipinski definition) is 1. The van der Waals surface area contributed by atoms with E-state index in [4.69, 9.17) is 4.74 Å². The minimum absolute atomic E-state index is 0.0614. The highest BCUT2D eigenvalue weighted by atomic mass is 32.2. The molecule has 1 saturated heterocycles. The Morgan fingerprint density at radius 3 is 2.46 bits per heavy atom. The topological polar surface area (TPSA) is 98.5 Å². The van der Waals surface area contributed by atoms with Crippen molar-refractivity contribution in [2.24, 2.45) is 0 Å². The van der Waals surface area contributed by atoms with Crippen molar-refractivity contribution in [1.29, 1.82) is 0 Å². The Bertz CT molecular complexity index is 982. The van der Waals surface area contributed by atoms with E-state index in [0.717, 1.165) is 25.2 Å². The summed E-state index contributed by atoms with van der Waals surface area (Å²) in [5.74, 6) is 0. The lowest BCUT2D eigenvalue weighted by atomic mass is 9.72. The second kappa shape index (κ2) is 7.89. The molecule has 1 heterocycles. The van der Waals surface area contributed by atoms with Crippen LogP contribution < -0.4 is 5.32 Å². The number of aryl methyl sites for hydroxylation is 1. The van der Waals surface area contributed by atoms with Crippen LogP contribution in [-0.4, -0.2) is 39.4 Å². The average molecular weight is 404 g/mol. The normalized spacial score (nSPS) is 16.5. The maximum Gasteiger partial charge on any atom is 0.270 e. The zero-order valence-electron chi connectivity index (χ0n) is 16.0. The van der Waals surface area contributed by atoms with Gasteiger partial charge in [0.25, 0.3) is 5.69 Å². The fourth-order valence-corrected chi connectivity index (χ4v) is 4.69. The van der Waals surface area contributed by atoms with E-state index in [-0.39, 0.29) is 16.0 Å². The Kier molecular flexibility index (Phi) is 5.71. The van der Waals surface area contributed by atoms with Gasteiger partial charge in [-0.3, -0.25) is 10.1 Å². The Morgan fingerprint density at radius 1 is 1.18 bits per heavy atom. The predicted octanol–water partition coefficient (Wildman–Crippen LogP) is 3.47. The van der Waals surface area contributed by atoms with Crippen molar-refractivity contribution < 1.29 is 18.1 Å². The Balaban J connectivity index is 1.97. The second-order valence-corrected chi connectivity index (χ2v) is 9.26. The fourth-order valence-electron chi connectivity index (χ4n) is 3.81. The molecular formula is C20H24N2O5S. The zero-order valence-corrected chi connectivity index (χ0v) is 16.8. The smallest absolute Gasteiger partial charge is 0.270 e. The highest BCUT2D eigenvalue weighted by molar-refractivity contribution is 7.90. The van der Waals surface area contributed by atoms with E-state index < -0.39 is 14.8 Å². The molecule has 0 saturated carbocycles. The first-order valence-electron chi connectivity index (χ1n) is 9.09. The molecule has 0 unspecified atom stereocenters. The monoisotopic (exact) mass is 404 g/mol. The highest BCUT2D eigenvalue weighted by Crippen LogP contribution is 2.37. The first kappa shape index (κ1) is 20.3. The molecule has 0 bridgehead atoms. The zero-order chi connectivity index (χ0) is 20.4. The summed E-state index contributed by atoms with van der Waals surface area (Å²) in [6.07, 6.45) is 2.68. The summed E-state index contributed by atoms with van der Waals surface area (Å²) < 4.78 is 30.0. The lowest BCUT2D eigenvalue weighted by molar-refractivity contribution is -0.385. The van der Waals surface area contributed by atoms with E-state index >= 15 is 0 Å². The van der Waals surface area contributed by atoms with Gasteiger partial charge in [-0.05, 0) is 37.0 Å². The van der Waals surface area contributed by atoms with Gasteiger partial charge in [0.15, 0.2) is 9.84 Å². The molecule has 0 spiro atoms. The van der Waals surface area contributed by atoms with E-state index in [9.17, 15) is 18.5 Å². The third kappa shape index (κ3) is 4.18. The summed E-state index contributed by atoms with van der Waals surface area (Å²) in [5.41, 5.74) is 2.34. The molecule has 150 valence electrons. The maximum absolute atomic E-state index is 12.2. The van der Waals surface area contributed by atoms with Gasteiger partial charge in [-0.1, -0.05) is 24.3 Å². The van der Waals surface area contributed by atoms with Gasteiger partial charge < -0.3 is 10.1 Å². The quantitative estimate of drug-likeness (QED) is 0.585. The van der Waals surface area contributed by atoms with Crippen LogP contribution in [0.1, 0.15) is 24.0 Å². The molecule has 3 rings (SSSR count). The van der Waals surface area contributed by atoms with Gasteiger partial charge in [0.1, 0.15) is 0 Å². The molecule has 1 fully saturated rings. The summed E-state index contributed by atoms with van der Waals surface area (Å²) in [7, 11) is -3.63. The molecule has 1 aliphatic heterocycles. The Morgan fingerprint density at radius 2 is 1.86 bits per heavy atom. The first-order chi connectivity index (χ1) is 13.2. The van der Waals surface area contributed by atoms with Crippen molar-refractivity contribution in [3.8, 4) is 0 Å². The Hall–Kier alpha value is -2.45. The molecule has 0 aliphatic carbocycles. The number of nitrogens with zero attached hydrogens (tertiary/aromatic N) is 1. The second-order valence-electron chi connectivity index (χ2n) is 7.27. The number of nitrogens with one attached hydrogen (secondary N) is 1. The van der Waals surface area contributed by atoms with Crippen LogP contribution in [0.25, 0.3) is 0 Å². The molecule has 0 aromatic heterocycles. The van der Waals surface area contributed by atoms with Gasteiger partial charge in [0.05, 0.1) is 15.5 Å². The van der Waals surface area contributed by atoms with Gasteiger partial charge in [0, 0.05) is 43.6 Å². The number of anilines is 1. The molecule has 1 aliphatic rings. The van der Waals surface area contributed by atoms with Crippen LogP contribution in [-0.2, 0) is 20.0 Å². The molecular weight excluding hydrogens is 380 g/mol. The van der Waals surface area contributed by atoms with E-state index in [2.05, 4.69) is 24.4 Å². The summed E-state index contributed by atoms with van der Waals surface area (Å²) in [6, 6.07) is 12.1. The third-order valence-corrected chi connectivity index (χ3v) is 6.50. The van der Waals surface area contributed by atoms with Crippen molar-refractivity contribution in [3.05, 3.63) is 63.7 Å². The number of nitro benzene ring substituents is 1. The average Bonchev–Trinajstić information content (AvgIpc) is 2.66. The van der Waals surface area contributed by atoms with Crippen molar-refractivity contribution >= 4 is 21.2 Å². The predicted molar refractivity (Wildman–Crippen MR) is 108 cm³/mol. The van der Waals surface area contributed by atoms with Crippen LogP contribution in [0.5, 0.6) is 0 Å². The van der Waals surface area contributed by atoms with E-state index in [1.165, 1.54) is 23.3 Å². The van der Waals surface area contributed by atoms with Gasteiger partial charge in [-0.2, -0.15) is 0 Å². The van der Waals surface area contributed by atoms with Crippen LogP contribution in [0, 0.1) is 17.0 Å². The molecule has 0 atom stereocenters. The number of rotatable bonds is 6. The van der Waals surface area contributed by atoms with E-state index in [1.807, 2.05) is 12.1 Å². The molecule has 8 heteroatoms. The number of nitro groups is 1. The lowest BCUT2D eigenvalue weighted by Crippen LogP contribution is -2.40. The maximum atomic E-state index is 12.2. The Labute approximate surface area is 164 Å². The largest absolute Gasteiger partial charge is 0.383 e. The SMILES string of the molecule is Cc1ccccc1C1(CNc2ccc([N+](=O)[O-])cc2S(C)(=O)=O)CCOCC1. The standard InChI is InChI=1S/C20H24N2O5S/c1-15-5-3-4-6-17(15)20(9-11-27-12-10-20)14-21-18-8-7-16(22(23)24)13-19(18)28(2,25)26/h3-8,13,21H,9-12,14H2,1-2H3. The van der Waals surface area contributed by atoms with Gasteiger partial charge in [0.2, 0.25) is 0 Å². The molecule has 0 radical (unpaired) electrons. The van der Waals surface area contributed by atoms with Gasteiger partial charge in [-0.25, -0.2) is 8.42 Å². The molecule has 1 N–H and O–H groups in total. The van der Waals surface area contributed by atoms with Crippen molar-refractivity contribution in [2.45, 2.75) is 30.1 Å². The van der Waals surface area contributed by atoms with E-state index in [0.29, 0.717) is 25.4 Å². The number of hydrogen-bond acceptors (Lipinski definition) is 6. The van der Waals surface area contributed by atoms with Crippen molar-refractivity contribution in [2.75, 3.05) is 31.3 Å². The summed E-state index contributed by atoms with van der Waals surface area (Å²) in [4.78, 5) is 10.4. The van der Waals surface area contributed by atoms with Crippen molar-refractivity contribution in [3.63, 3.8) is 0 Å². The minimum Gasteiger partial charge on any atom is -0.383 e. The number of non-ortho nitro benzene ring substituents is 1. The number of sulfone groups is 1. The van der Waals surface area contributed by atoms with Crippen LogP contribution in [0.4, 0.5) is 11.4 Å². The first-order valence-corrected chi connectivity index (χ1v) is 11.0. The van der Waals surface area contributed by atoms with Crippen LogP contribution >= 0.6 is 0 Å². The molecule has 0 amide bonds. The van der Waals surface area contributed by atoms with Gasteiger partial charge in [-0.15, -0.1) is 0 Å². The summed E-state index contributed by atoms with van der Waals surface area (Å²) in [5, 5.41) is 14.3. The molecule has 7 nitrogen and oxygen atoms in total. The third-order valence-electron chi connectivity index (χ3n) is 5.36. The van der Waals surface area contributed by atoms with Gasteiger partial charge >= 0.3 is 0 Å².